The molecule has 0 radical (unpaired) electrons. The normalized spacial score (nSPS) is 25.9. The van der Waals surface area contributed by atoms with E-state index in [0.717, 1.165) is 0 Å². The van der Waals surface area contributed by atoms with Gasteiger partial charge in [-0.2, -0.15) is 0 Å². The molecule has 0 saturated heterocycles. The molecule has 0 aromatic rings. The van der Waals surface area contributed by atoms with E-state index in [4.69, 9.17) is 0 Å². The molecule has 1 nitrogen and oxygen atoms in total. The van der Waals surface area contributed by atoms with Crippen molar-refractivity contribution in [2.45, 2.75) is 48.5 Å². The topological polar surface area (TPSA) is 12.4 Å². The van der Waals surface area contributed by atoms with Crippen LogP contribution in [-0.2, 0) is 0 Å². The Balaban J connectivity index is 3.34. The van der Waals surface area contributed by atoms with Crippen LogP contribution in [0.3, 0.4) is 0 Å². The van der Waals surface area contributed by atoms with Crippen LogP contribution in [0.15, 0.2) is 16.3 Å². The Hall–Kier alpha value is -0.590. The summed E-state index contributed by atoms with van der Waals surface area (Å²) in [6.07, 6.45) is 0. The number of allylic oxidation sites excluding steroid dienone is 2. The Morgan fingerprint density at radius 1 is 0.846 bits per heavy atom. The molecule has 0 aromatic carbocycles. The molecule has 13 heavy (non-hydrogen) atoms. The van der Waals surface area contributed by atoms with Gasteiger partial charge in [-0.15, -0.1) is 0 Å². The molecular formula is C12H21N. The van der Waals surface area contributed by atoms with Crippen LogP contribution in [0.5, 0.6) is 0 Å². The van der Waals surface area contributed by atoms with E-state index in [1.807, 2.05) is 0 Å². The maximum Gasteiger partial charge on any atom is 0.0367 e. The van der Waals surface area contributed by atoms with Gasteiger partial charge in [0.15, 0.2) is 0 Å². The first-order chi connectivity index (χ1) is 5.71. The zero-order chi connectivity index (χ0) is 10.4. The van der Waals surface area contributed by atoms with Crippen molar-refractivity contribution in [3.8, 4) is 0 Å². The zero-order valence-electron chi connectivity index (χ0n) is 9.95. The second kappa shape index (κ2) is 2.70. The van der Waals surface area contributed by atoms with Gasteiger partial charge in [0.05, 0.1) is 0 Å². The highest BCUT2D eigenvalue weighted by atomic mass is 14.8. The van der Waals surface area contributed by atoms with Crippen molar-refractivity contribution in [1.82, 2.24) is 0 Å². The van der Waals surface area contributed by atoms with Crippen molar-refractivity contribution in [2.75, 3.05) is 0 Å². The second-order valence-corrected chi connectivity index (χ2v) is 5.16. The van der Waals surface area contributed by atoms with E-state index in [1.165, 1.54) is 17.0 Å². The first kappa shape index (κ1) is 10.5. The summed E-state index contributed by atoms with van der Waals surface area (Å²) < 4.78 is 0. The third-order valence-corrected chi connectivity index (χ3v) is 4.28. The molecule has 1 rings (SSSR count). The van der Waals surface area contributed by atoms with Crippen molar-refractivity contribution < 1.29 is 0 Å². The molecule has 1 aliphatic heterocycles. The maximum absolute atomic E-state index is 4.61. The molecule has 1 aliphatic rings. The van der Waals surface area contributed by atoms with Crippen LogP contribution < -0.4 is 0 Å². The molecule has 0 saturated carbocycles. The highest BCUT2D eigenvalue weighted by Gasteiger charge is 2.43. The first-order valence-electron chi connectivity index (χ1n) is 4.95. The summed E-state index contributed by atoms with van der Waals surface area (Å²) in [6.45, 7) is 15.6. The molecule has 0 bridgehead atoms. The fourth-order valence-electron chi connectivity index (χ4n) is 1.85. The number of rotatable bonds is 0. The number of hydrogen-bond donors (Lipinski definition) is 0. The summed E-state index contributed by atoms with van der Waals surface area (Å²) in [5, 5.41) is 0. The summed E-state index contributed by atoms with van der Waals surface area (Å²) in [6, 6.07) is 0. The fraction of sp³-hybridized carbons (Fsp3) is 0.750. The molecule has 0 amide bonds. The van der Waals surface area contributed by atoms with Crippen molar-refractivity contribution in [3.63, 3.8) is 0 Å². The van der Waals surface area contributed by atoms with Crippen molar-refractivity contribution >= 4 is 5.71 Å². The third kappa shape index (κ3) is 1.25. The van der Waals surface area contributed by atoms with Crippen LogP contribution in [0, 0.1) is 10.8 Å². The van der Waals surface area contributed by atoms with E-state index in [9.17, 15) is 0 Å². The highest BCUT2D eigenvalue weighted by molar-refractivity contribution is 5.90. The lowest BCUT2D eigenvalue weighted by Gasteiger charge is -2.46. The first-order valence-corrected chi connectivity index (χ1v) is 4.95. The van der Waals surface area contributed by atoms with E-state index >= 15 is 0 Å². The predicted molar refractivity (Wildman–Crippen MR) is 59.0 cm³/mol. The minimum Gasteiger partial charge on any atom is -0.262 e. The molecule has 1 heteroatoms. The van der Waals surface area contributed by atoms with E-state index < -0.39 is 0 Å². The van der Waals surface area contributed by atoms with Crippen LogP contribution in [-0.4, -0.2) is 5.71 Å². The molecule has 0 aliphatic carbocycles. The third-order valence-electron chi connectivity index (χ3n) is 4.28. The van der Waals surface area contributed by atoms with Crippen molar-refractivity contribution in [1.29, 1.82) is 0 Å². The van der Waals surface area contributed by atoms with Gasteiger partial charge in [-0.05, 0) is 31.8 Å². The van der Waals surface area contributed by atoms with Gasteiger partial charge in [0.1, 0.15) is 0 Å². The molecule has 74 valence electrons. The van der Waals surface area contributed by atoms with Gasteiger partial charge in [-0.25, -0.2) is 0 Å². The summed E-state index contributed by atoms with van der Waals surface area (Å²) >= 11 is 0. The Kier molecular flexibility index (Phi) is 2.18. The quantitative estimate of drug-likeness (QED) is 0.536. The SMILES string of the molecule is CC1=NC(C)=C(C)C(C)(C)C1(C)C. The van der Waals surface area contributed by atoms with Crippen LogP contribution in [0.2, 0.25) is 0 Å². The van der Waals surface area contributed by atoms with Gasteiger partial charge < -0.3 is 0 Å². The Morgan fingerprint density at radius 2 is 1.31 bits per heavy atom. The molecule has 0 fully saturated rings. The predicted octanol–water partition coefficient (Wildman–Crippen LogP) is 3.81. The summed E-state index contributed by atoms with van der Waals surface area (Å²) in [5.74, 6) is 0. The average molecular weight is 179 g/mol. The van der Waals surface area contributed by atoms with Crippen molar-refractivity contribution in [3.05, 3.63) is 11.3 Å². The van der Waals surface area contributed by atoms with Crippen molar-refractivity contribution in [2.24, 2.45) is 15.8 Å². The molecule has 0 N–H and O–H groups in total. The molecule has 1 heterocycles. The molecule has 0 spiro atoms. The number of aliphatic imine (C=N–C) groups is 1. The minimum absolute atomic E-state index is 0.177. The second-order valence-electron chi connectivity index (χ2n) is 5.16. The Morgan fingerprint density at radius 3 is 1.77 bits per heavy atom. The van der Waals surface area contributed by atoms with Gasteiger partial charge >= 0.3 is 0 Å². The van der Waals surface area contributed by atoms with Gasteiger partial charge in [0.2, 0.25) is 0 Å². The summed E-state index contributed by atoms with van der Waals surface area (Å²) in [4.78, 5) is 4.61. The van der Waals surface area contributed by atoms with Crippen LogP contribution in [0.25, 0.3) is 0 Å². The monoisotopic (exact) mass is 179 g/mol. The standard InChI is InChI=1S/C12H21N/c1-8-9(2)13-10(3)12(6,7)11(8,4)5/h1-7H3. The average Bonchev–Trinajstić information content (AvgIpc) is 2.00. The van der Waals surface area contributed by atoms with Crippen LogP contribution in [0.1, 0.15) is 48.5 Å². The molecule has 0 unspecified atom stereocenters. The Bertz CT molecular complexity index is 290. The van der Waals surface area contributed by atoms with Gasteiger partial charge in [-0.1, -0.05) is 27.7 Å². The van der Waals surface area contributed by atoms with E-state index in [0.29, 0.717) is 0 Å². The molecule has 0 atom stereocenters. The number of hydrogen-bond acceptors (Lipinski definition) is 1. The lowest BCUT2D eigenvalue weighted by atomic mass is 9.60. The van der Waals surface area contributed by atoms with Gasteiger partial charge in [0, 0.05) is 16.8 Å². The van der Waals surface area contributed by atoms with Gasteiger partial charge in [0.25, 0.3) is 0 Å². The number of nitrogens with zero attached hydrogens (tertiary/aromatic N) is 1. The Labute approximate surface area is 82.0 Å². The van der Waals surface area contributed by atoms with Crippen LogP contribution in [0.4, 0.5) is 0 Å². The largest absolute Gasteiger partial charge is 0.262 e. The van der Waals surface area contributed by atoms with E-state index in [-0.39, 0.29) is 10.8 Å². The summed E-state index contributed by atoms with van der Waals surface area (Å²) in [7, 11) is 0. The molecular weight excluding hydrogens is 158 g/mol. The summed E-state index contributed by atoms with van der Waals surface area (Å²) in [5.41, 5.74) is 4.27. The highest BCUT2D eigenvalue weighted by Crippen LogP contribution is 2.48. The van der Waals surface area contributed by atoms with E-state index in [1.54, 1.807) is 0 Å². The maximum atomic E-state index is 4.61. The minimum atomic E-state index is 0.177. The smallest absolute Gasteiger partial charge is 0.0367 e. The van der Waals surface area contributed by atoms with Gasteiger partial charge in [-0.3, -0.25) is 4.99 Å². The fourth-order valence-corrected chi connectivity index (χ4v) is 1.85. The lowest BCUT2D eigenvalue weighted by Crippen LogP contribution is -2.41. The van der Waals surface area contributed by atoms with Crippen LogP contribution >= 0.6 is 0 Å². The molecule has 0 aromatic heterocycles. The lowest BCUT2D eigenvalue weighted by molar-refractivity contribution is 0.231. The zero-order valence-corrected chi connectivity index (χ0v) is 9.95. The van der Waals surface area contributed by atoms with E-state index in [2.05, 4.69) is 53.5 Å².